The minimum Gasteiger partial charge on any atom is -0.445 e. The van der Waals surface area contributed by atoms with E-state index in [4.69, 9.17) is 13.7 Å². The summed E-state index contributed by atoms with van der Waals surface area (Å²) in [5.41, 5.74) is -1.52. The first kappa shape index (κ1) is 32.0. The number of alkyl halides is 9. The molecule has 0 aliphatic carbocycles. The van der Waals surface area contributed by atoms with Gasteiger partial charge in [0.2, 0.25) is 0 Å². The minimum absolute atomic E-state index is 0.0272. The number of rotatable bonds is 12. The normalized spacial score (nSPS) is 13.8. The van der Waals surface area contributed by atoms with Crippen LogP contribution >= 0.6 is 0 Å². The zero-order chi connectivity index (χ0) is 30.4. The first-order chi connectivity index (χ1) is 20.4. The van der Waals surface area contributed by atoms with Gasteiger partial charge in [0, 0.05) is 0 Å². The lowest BCUT2D eigenvalue weighted by Crippen LogP contribution is -2.61. The zero-order valence-electron chi connectivity index (χ0n) is 22.2. The maximum Gasteiger partial charge on any atom is 0.467 e. The minimum atomic E-state index is -1.50. The van der Waals surface area contributed by atoms with Gasteiger partial charge in [0.15, 0.2) is 0 Å². The molecule has 0 bridgehead atoms. The number of hydrogen-bond donors (Lipinski definition) is 0. The number of halogens is 9. The molecule has 0 atom stereocenters. The van der Waals surface area contributed by atoms with Gasteiger partial charge in [-0.3, -0.25) is 0 Å². The van der Waals surface area contributed by atoms with E-state index in [9.17, 15) is 39.5 Å². The third-order valence-corrected chi connectivity index (χ3v) is 7.19. The molecule has 1 fully saturated rings. The molecule has 0 spiro atoms. The zero-order valence-corrected chi connectivity index (χ0v) is 22.2. The highest BCUT2D eigenvalue weighted by atomic mass is 19.2. The van der Waals surface area contributed by atoms with Crippen LogP contribution in [0.15, 0.2) is 36.4 Å². The smallest absolute Gasteiger partial charge is 0.445 e. The highest BCUT2D eigenvalue weighted by Gasteiger charge is 2.44. The van der Waals surface area contributed by atoms with E-state index in [-0.39, 0.29) is 66.5 Å². The molecular formula is C27H24B3F9O3. The Bertz CT molecular complexity index is 1150. The van der Waals surface area contributed by atoms with Crippen molar-refractivity contribution in [1.29, 1.82) is 0 Å². The van der Waals surface area contributed by atoms with Crippen molar-refractivity contribution >= 4 is 37.7 Å². The fourth-order valence-corrected chi connectivity index (χ4v) is 5.02. The Morgan fingerprint density at radius 2 is 0.524 bits per heavy atom. The van der Waals surface area contributed by atoms with Gasteiger partial charge < -0.3 is 13.7 Å². The summed E-state index contributed by atoms with van der Waals surface area (Å²) in [7, 11) is -4.49. The van der Waals surface area contributed by atoms with Crippen molar-refractivity contribution in [2.75, 3.05) is 0 Å². The summed E-state index contributed by atoms with van der Waals surface area (Å²) in [6.45, 7) is -10.3. The summed E-state index contributed by atoms with van der Waals surface area (Å²) >= 11 is 0. The summed E-state index contributed by atoms with van der Waals surface area (Å²) < 4.78 is 141. The second-order valence-electron chi connectivity index (χ2n) is 9.56. The molecule has 3 aromatic rings. The van der Waals surface area contributed by atoms with E-state index in [1.165, 1.54) is 36.4 Å². The fourth-order valence-electron chi connectivity index (χ4n) is 5.02. The molecule has 42 heavy (non-hydrogen) atoms. The molecule has 1 saturated heterocycles. The van der Waals surface area contributed by atoms with E-state index in [0.717, 1.165) is 0 Å². The highest BCUT2D eigenvalue weighted by Crippen LogP contribution is 2.24. The second kappa shape index (κ2) is 14.5. The van der Waals surface area contributed by atoms with E-state index in [1.807, 2.05) is 0 Å². The number of hydrogen-bond acceptors (Lipinski definition) is 3. The van der Waals surface area contributed by atoms with Crippen molar-refractivity contribution in [3.05, 3.63) is 86.5 Å². The lowest BCUT2D eigenvalue weighted by atomic mass is 9.60. The summed E-state index contributed by atoms with van der Waals surface area (Å²) in [5, 5.41) is 0. The standard InChI is InChI=1S/C27H24B3F9O3/c31-7-16-1-22(2-17(8-32)25(16)13-37)28-40-29(23-3-18(9-33)26(14-38)19(4-23)10-34)42-30(41-28)24-5-20(11-35)27(15-39)21(6-24)12-36/h1-6H,7-15H2. The lowest BCUT2D eigenvalue weighted by molar-refractivity contribution is 0.308. The van der Waals surface area contributed by atoms with Crippen LogP contribution in [-0.4, -0.2) is 21.4 Å². The molecule has 1 aliphatic heterocycles. The molecular weight excluding hydrogens is 576 g/mol. The average molecular weight is 600 g/mol. The van der Waals surface area contributed by atoms with Crippen molar-refractivity contribution in [3.63, 3.8) is 0 Å². The maximum absolute atomic E-state index is 13.8. The van der Waals surface area contributed by atoms with E-state index in [0.29, 0.717) is 0 Å². The Labute approximate surface area is 237 Å². The summed E-state index contributed by atoms with van der Waals surface area (Å²) in [6, 6.07) is 7.15. The van der Waals surface area contributed by atoms with Gasteiger partial charge in [-0.05, 0) is 66.5 Å². The molecule has 3 aromatic carbocycles. The van der Waals surface area contributed by atoms with Gasteiger partial charge in [-0.15, -0.1) is 0 Å². The summed E-state index contributed by atoms with van der Waals surface area (Å²) in [5.74, 6) is 0. The van der Waals surface area contributed by atoms with Crippen LogP contribution in [0.4, 0.5) is 39.5 Å². The monoisotopic (exact) mass is 600 g/mol. The second-order valence-corrected chi connectivity index (χ2v) is 9.56. The van der Waals surface area contributed by atoms with Crippen LogP contribution in [0.25, 0.3) is 0 Å². The van der Waals surface area contributed by atoms with Crippen LogP contribution in [-0.2, 0) is 73.8 Å². The van der Waals surface area contributed by atoms with Crippen LogP contribution in [0, 0.1) is 0 Å². The van der Waals surface area contributed by atoms with Crippen LogP contribution in [0.2, 0.25) is 0 Å². The molecule has 0 saturated carbocycles. The van der Waals surface area contributed by atoms with E-state index >= 15 is 0 Å². The van der Waals surface area contributed by atoms with Gasteiger partial charge in [0.1, 0.15) is 60.1 Å². The van der Waals surface area contributed by atoms with Crippen LogP contribution in [0.5, 0.6) is 0 Å². The van der Waals surface area contributed by atoms with Gasteiger partial charge in [0.05, 0.1) is 0 Å². The Balaban J connectivity index is 1.86. The molecule has 0 aromatic heterocycles. The topological polar surface area (TPSA) is 27.7 Å². The van der Waals surface area contributed by atoms with Crippen LogP contribution in [0.3, 0.4) is 0 Å². The van der Waals surface area contributed by atoms with Crippen molar-refractivity contribution < 1.29 is 53.2 Å². The first-order valence-electron chi connectivity index (χ1n) is 12.8. The molecule has 222 valence electrons. The van der Waals surface area contributed by atoms with Gasteiger partial charge in [0.25, 0.3) is 0 Å². The molecule has 3 nitrogen and oxygen atoms in total. The Morgan fingerprint density at radius 3 is 0.667 bits per heavy atom. The van der Waals surface area contributed by atoms with E-state index in [1.54, 1.807) is 0 Å². The van der Waals surface area contributed by atoms with Gasteiger partial charge >= 0.3 is 21.4 Å². The molecule has 0 unspecified atom stereocenters. The van der Waals surface area contributed by atoms with Crippen LogP contribution < -0.4 is 16.4 Å². The van der Waals surface area contributed by atoms with Gasteiger partial charge in [-0.25, -0.2) is 39.5 Å². The predicted octanol–water partition coefficient (Wildman–Crippen LogP) is 5.46. The SMILES string of the molecule is FCc1cc(B2OB(c3cc(CF)c(CF)c(CF)c3)OB(c3cc(CF)c(CF)c(CF)c3)O2)cc(CF)c1CF. The molecule has 0 N–H and O–H groups in total. The lowest BCUT2D eigenvalue weighted by Gasteiger charge is -2.33. The third-order valence-electron chi connectivity index (χ3n) is 7.19. The van der Waals surface area contributed by atoms with Gasteiger partial charge in [-0.2, -0.15) is 0 Å². The molecule has 0 radical (unpaired) electrons. The summed E-state index contributed by atoms with van der Waals surface area (Å²) in [6.07, 6.45) is 0. The fraction of sp³-hybridized carbons (Fsp3) is 0.333. The van der Waals surface area contributed by atoms with E-state index < -0.39 is 81.4 Å². The Morgan fingerprint density at radius 1 is 0.333 bits per heavy atom. The van der Waals surface area contributed by atoms with Gasteiger partial charge in [-0.1, -0.05) is 36.4 Å². The Hall–Kier alpha value is -2.90. The predicted molar refractivity (Wildman–Crippen MR) is 142 cm³/mol. The van der Waals surface area contributed by atoms with Crippen molar-refractivity contribution in [2.45, 2.75) is 60.1 Å². The quantitative estimate of drug-likeness (QED) is 0.204. The molecule has 1 aliphatic rings. The van der Waals surface area contributed by atoms with Crippen molar-refractivity contribution in [2.24, 2.45) is 0 Å². The van der Waals surface area contributed by atoms with E-state index in [2.05, 4.69) is 0 Å². The third kappa shape index (κ3) is 6.37. The molecule has 1 heterocycles. The van der Waals surface area contributed by atoms with Crippen LogP contribution in [0.1, 0.15) is 50.1 Å². The highest BCUT2D eigenvalue weighted by molar-refractivity contribution is 6.87. The Kier molecular flexibility index (Phi) is 11.1. The number of benzene rings is 3. The van der Waals surface area contributed by atoms with Crippen molar-refractivity contribution in [3.8, 4) is 0 Å². The largest absolute Gasteiger partial charge is 0.467 e. The molecule has 0 amide bonds. The maximum atomic E-state index is 13.8. The molecule has 15 heteroatoms. The van der Waals surface area contributed by atoms with Crippen molar-refractivity contribution in [1.82, 2.24) is 0 Å². The summed E-state index contributed by atoms with van der Waals surface area (Å²) in [4.78, 5) is 0. The average Bonchev–Trinajstić information content (AvgIpc) is 3.05. The molecule has 4 rings (SSSR count). The first-order valence-corrected chi connectivity index (χ1v) is 12.8.